The van der Waals surface area contributed by atoms with Crippen LogP contribution in [0, 0.1) is 0 Å². The van der Waals surface area contributed by atoms with E-state index < -0.39 is 0 Å². The van der Waals surface area contributed by atoms with Crippen molar-refractivity contribution in [3.8, 4) is 5.75 Å². The first-order valence-corrected chi connectivity index (χ1v) is 7.42. The van der Waals surface area contributed by atoms with E-state index in [1.807, 2.05) is 36.4 Å². The molecule has 3 aromatic carbocycles. The molecule has 0 unspecified atom stereocenters. The summed E-state index contributed by atoms with van der Waals surface area (Å²) in [6.45, 7) is 0.461. The van der Waals surface area contributed by atoms with Gasteiger partial charge in [0.2, 0.25) is 0 Å². The Morgan fingerprint density at radius 2 is 1.70 bits per heavy atom. The summed E-state index contributed by atoms with van der Waals surface area (Å²) in [5.41, 5.74) is 1.73. The highest BCUT2D eigenvalue weighted by Gasteiger charge is 2.07. The second kappa shape index (κ2) is 6.83. The normalized spacial score (nSPS) is 10.3. The summed E-state index contributed by atoms with van der Waals surface area (Å²) in [6, 6.07) is 21.3. The highest BCUT2D eigenvalue weighted by molar-refractivity contribution is 5.91. The van der Waals surface area contributed by atoms with Crippen LogP contribution in [0.25, 0.3) is 10.8 Å². The molecule has 3 rings (SSSR count). The van der Waals surface area contributed by atoms with Crippen molar-refractivity contribution in [2.75, 3.05) is 12.4 Å². The molecule has 2 N–H and O–H groups in total. The lowest BCUT2D eigenvalue weighted by Crippen LogP contribution is -2.28. The number of benzene rings is 3. The van der Waals surface area contributed by atoms with Gasteiger partial charge in [0, 0.05) is 6.54 Å². The van der Waals surface area contributed by atoms with E-state index in [0.29, 0.717) is 18.0 Å². The molecule has 0 fully saturated rings. The van der Waals surface area contributed by atoms with Crippen LogP contribution in [-0.2, 0) is 6.54 Å². The molecule has 0 saturated heterocycles. The number of rotatable bonds is 4. The van der Waals surface area contributed by atoms with Crippen LogP contribution in [0.3, 0.4) is 0 Å². The van der Waals surface area contributed by atoms with Gasteiger partial charge in [-0.15, -0.1) is 0 Å². The van der Waals surface area contributed by atoms with Crippen LogP contribution in [0.1, 0.15) is 5.56 Å². The lowest BCUT2D eigenvalue weighted by Gasteiger charge is -2.12. The maximum Gasteiger partial charge on any atom is 0.319 e. The van der Waals surface area contributed by atoms with E-state index in [0.717, 1.165) is 16.3 Å². The van der Waals surface area contributed by atoms with Crippen molar-refractivity contribution >= 4 is 22.5 Å². The molecule has 0 heterocycles. The Bertz CT molecular complexity index is 825. The molecule has 0 aromatic heterocycles. The molecule has 3 aromatic rings. The number of amides is 2. The molecule has 2 amide bonds. The number of methoxy groups -OCH3 is 1. The number of fused-ring (bicyclic) bond motifs is 1. The van der Waals surface area contributed by atoms with E-state index in [1.54, 1.807) is 19.2 Å². The van der Waals surface area contributed by atoms with Crippen LogP contribution in [0.2, 0.25) is 0 Å². The minimum Gasteiger partial charge on any atom is -0.495 e. The fraction of sp³-hybridized carbons (Fsp3) is 0.105. The van der Waals surface area contributed by atoms with E-state index in [-0.39, 0.29) is 6.03 Å². The monoisotopic (exact) mass is 306 g/mol. The lowest BCUT2D eigenvalue weighted by atomic mass is 10.0. The molecule has 0 bridgehead atoms. The summed E-state index contributed by atoms with van der Waals surface area (Å²) < 4.78 is 5.22. The third kappa shape index (κ3) is 3.43. The van der Waals surface area contributed by atoms with Gasteiger partial charge in [-0.2, -0.15) is 0 Å². The summed E-state index contributed by atoms with van der Waals surface area (Å²) in [7, 11) is 1.58. The van der Waals surface area contributed by atoms with E-state index >= 15 is 0 Å². The molecule has 0 radical (unpaired) electrons. The lowest BCUT2D eigenvalue weighted by molar-refractivity contribution is 0.251. The minimum absolute atomic E-state index is 0.262. The minimum atomic E-state index is -0.262. The van der Waals surface area contributed by atoms with Gasteiger partial charge in [-0.05, 0) is 28.5 Å². The van der Waals surface area contributed by atoms with Gasteiger partial charge in [-0.3, -0.25) is 0 Å². The number of para-hydroxylation sites is 2. The average Bonchev–Trinajstić information content (AvgIpc) is 2.60. The number of carbonyl (C=O) groups excluding carboxylic acids is 1. The van der Waals surface area contributed by atoms with Crippen molar-refractivity contribution < 1.29 is 9.53 Å². The molecule has 0 atom stereocenters. The molecular weight excluding hydrogens is 288 g/mol. The molecule has 0 aliphatic carbocycles. The van der Waals surface area contributed by atoms with Crippen molar-refractivity contribution in [3.63, 3.8) is 0 Å². The number of nitrogens with one attached hydrogen (secondary N) is 2. The van der Waals surface area contributed by atoms with Gasteiger partial charge >= 0.3 is 6.03 Å². The molecule has 4 nitrogen and oxygen atoms in total. The smallest absolute Gasteiger partial charge is 0.319 e. The van der Waals surface area contributed by atoms with Gasteiger partial charge in [0.15, 0.2) is 0 Å². The Morgan fingerprint density at radius 3 is 2.57 bits per heavy atom. The standard InChI is InChI=1S/C19H18N2O2/c1-23-18-12-5-4-11-17(18)21-19(22)20-13-15-9-6-8-14-7-2-3-10-16(14)15/h2-12H,13H2,1H3,(H2,20,21,22). The predicted molar refractivity (Wildman–Crippen MR) is 92.8 cm³/mol. The number of anilines is 1. The first-order chi connectivity index (χ1) is 11.3. The second-order valence-corrected chi connectivity index (χ2v) is 5.15. The molecule has 4 heteroatoms. The van der Waals surface area contributed by atoms with Gasteiger partial charge in [-0.25, -0.2) is 4.79 Å². The van der Waals surface area contributed by atoms with Crippen molar-refractivity contribution in [2.24, 2.45) is 0 Å². The number of hydrogen-bond donors (Lipinski definition) is 2. The topological polar surface area (TPSA) is 50.4 Å². The molecule has 23 heavy (non-hydrogen) atoms. The zero-order chi connectivity index (χ0) is 16.1. The van der Waals surface area contributed by atoms with Crippen LogP contribution in [0.4, 0.5) is 10.5 Å². The van der Waals surface area contributed by atoms with Crippen LogP contribution < -0.4 is 15.4 Å². The maximum atomic E-state index is 12.1. The first-order valence-electron chi connectivity index (χ1n) is 7.42. The molecule has 116 valence electrons. The molecule has 0 spiro atoms. The van der Waals surface area contributed by atoms with Crippen molar-refractivity contribution in [1.82, 2.24) is 5.32 Å². The predicted octanol–water partition coefficient (Wildman–Crippen LogP) is 4.17. The molecular formula is C19H18N2O2. The SMILES string of the molecule is COc1ccccc1NC(=O)NCc1cccc2ccccc12. The number of ether oxygens (including phenoxy) is 1. The zero-order valence-corrected chi connectivity index (χ0v) is 12.9. The Morgan fingerprint density at radius 1 is 0.957 bits per heavy atom. The summed E-state index contributed by atoms with van der Waals surface area (Å²) in [4.78, 5) is 12.1. The van der Waals surface area contributed by atoms with Gasteiger partial charge in [0.1, 0.15) is 5.75 Å². The van der Waals surface area contributed by atoms with E-state index in [1.165, 1.54) is 0 Å². The quantitative estimate of drug-likeness (QED) is 0.760. The van der Waals surface area contributed by atoms with Crippen LogP contribution in [-0.4, -0.2) is 13.1 Å². The Hall–Kier alpha value is -3.01. The Labute approximate surface area is 135 Å². The summed E-state index contributed by atoms with van der Waals surface area (Å²) in [5.74, 6) is 0.632. The highest BCUT2D eigenvalue weighted by Crippen LogP contribution is 2.23. The maximum absolute atomic E-state index is 12.1. The molecule has 0 saturated carbocycles. The Balaban J connectivity index is 1.69. The van der Waals surface area contributed by atoms with Gasteiger partial charge in [0.05, 0.1) is 12.8 Å². The fourth-order valence-electron chi connectivity index (χ4n) is 2.54. The highest BCUT2D eigenvalue weighted by atomic mass is 16.5. The zero-order valence-electron chi connectivity index (χ0n) is 12.9. The fourth-order valence-corrected chi connectivity index (χ4v) is 2.54. The first kappa shape index (κ1) is 14.9. The van der Waals surface area contributed by atoms with E-state index in [9.17, 15) is 4.79 Å². The van der Waals surface area contributed by atoms with Crippen molar-refractivity contribution in [3.05, 3.63) is 72.3 Å². The Kier molecular flexibility index (Phi) is 4.43. The second-order valence-electron chi connectivity index (χ2n) is 5.15. The summed E-state index contributed by atoms with van der Waals surface area (Å²) in [6.07, 6.45) is 0. The van der Waals surface area contributed by atoms with Gasteiger partial charge < -0.3 is 15.4 Å². The number of hydrogen-bond acceptors (Lipinski definition) is 2. The average molecular weight is 306 g/mol. The third-order valence-electron chi connectivity index (χ3n) is 3.67. The van der Waals surface area contributed by atoms with E-state index in [4.69, 9.17) is 4.74 Å². The molecule has 0 aliphatic heterocycles. The van der Waals surface area contributed by atoms with Gasteiger partial charge in [0.25, 0.3) is 0 Å². The third-order valence-corrected chi connectivity index (χ3v) is 3.67. The van der Waals surface area contributed by atoms with Crippen LogP contribution in [0.15, 0.2) is 66.7 Å². The van der Waals surface area contributed by atoms with Crippen molar-refractivity contribution in [2.45, 2.75) is 6.54 Å². The van der Waals surface area contributed by atoms with Crippen LogP contribution in [0.5, 0.6) is 5.75 Å². The van der Waals surface area contributed by atoms with E-state index in [2.05, 4.69) is 28.8 Å². The summed E-state index contributed by atoms with van der Waals surface area (Å²) >= 11 is 0. The summed E-state index contributed by atoms with van der Waals surface area (Å²) in [5, 5.41) is 8.00. The molecule has 0 aliphatic rings. The number of urea groups is 1. The van der Waals surface area contributed by atoms with Gasteiger partial charge in [-0.1, -0.05) is 54.6 Å². The van der Waals surface area contributed by atoms with Crippen LogP contribution >= 0.6 is 0 Å². The largest absolute Gasteiger partial charge is 0.495 e. The number of carbonyl (C=O) groups is 1. The van der Waals surface area contributed by atoms with Crippen molar-refractivity contribution in [1.29, 1.82) is 0 Å².